The second-order valence-electron chi connectivity index (χ2n) is 7.71. The Kier molecular flexibility index (Phi) is 4.31. The molecule has 2 aliphatic rings. The lowest BCUT2D eigenvalue weighted by molar-refractivity contribution is 0.322. The molecular formula is C22H29N. The molecule has 0 saturated heterocycles. The van der Waals surface area contributed by atoms with Gasteiger partial charge in [0.1, 0.15) is 0 Å². The predicted octanol–water partition coefficient (Wildman–Crippen LogP) is 6.01. The maximum absolute atomic E-state index is 4.82. The Morgan fingerprint density at radius 2 is 1.91 bits per heavy atom. The van der Waals surface area contributed by atoms with Crippen LogP contribution in [0.15, 0.2) is 47.1 Å². The zero-order valence-electron chi connectivity index (χ0n) is 15.2. The summed E-state index contributed by atoms with van der Waals surface area (Å²) >= 11 is 0. The number of fused-ring (bicyclic) bond motifs is 1. The Labute approximate surface area is 141 Å². The van der Waals surface area contributed by atoms with Crippen LogP contribution in [0.3, 0.4) is 0 Å². The molecule has 0 spiro atoms. The van der Waals surface area contributed by atoms with Gasteiger partial charge in [-0.15, -0.1) is 0 Å². The lowest BCUT2D eigenvalue weighted by Gasteiger charge is -2.41. The van der Waals surface area contributed by atoms with Crippen LogP contribution in [0.25, 0.3) is 0 Å². The van der Waals surface area contributed by atoms with Crippen molar-refractivity contribution in [2.45, 2.75) is 53.9 Å². The molecule has 1 heteroatoms. The highest BCUT2D eigenvalue weighted by atomic mass is 14.8. The molecule has 0 N–H and O–H groups in total. The molecule has 122 valence electrons. The van der Waals surface area contributed by atoms with E-state index in [2.05, 4.69) is 65.0 Å². The summed E-state index contributed by atoms with van der Waals surface area (Å²) in [5.41, 5.74) is 6.72. The first-order valence-corrected chi connectivity index (χ1v) is 9.00. The minimum absolute atomic E-state index is 0.0684. The second kappa shape index (κ2) is 6.11. The Morgan fingerprint density at radius 1 is 1.22 bits per heavy atom. The fourth-order valence-electron chi connectivity index (χ4n) is 4.18. The topological polar surface area (TPSA) is 12.4 Å². The summed E-state index contributed by atoms with van der Waals surface area (Å²) in [6, 6.07) is 6.81. The third kappa shape index (κ3) is 2.94. The molecule has 23 heavy (non-hydrogen) atoms. The summed E-state index contributed by atoms with van der Waals surface area (Å²) in [7, 11) is 0. The lowest BCUT2D eigenvalue weighted by Crippen LogP contribution is -2.36. The first-order valence-electron chi connectivity index (χ1n) is 9.00. The Balaban J connectivity index is 2.02. The number of benzene rings is 1. The average molecular weight is 307 g/mol. The molecule has 1 aliphatic carbocycles. The first kappa shape index (κ1) is 16.2. The molecule has 3 atom stereocenters. The van der Waals surface area contributed by atoms with E-state index in [1.54, 1.807) is 0 Å². The molecule has 1 aromatic rings. The minimum Gasteiger partial charge on any atom is -0.260 e. The van der Waals surface area contributed by atoms with Crippen molar-refractivity contribution >= 4 is 5.71 Å². The van der Waals surface area contributed by atoms with Crippen molar-refractivity contribution in [2.24, 2.45) is 22.2 Å². The molecule has 1 nitrogen and oxygen atoms in total. The predicted molar refractivity (Wildman–Crippen MR) is 100.0 cm³/mol. The van der Waals surface area contributed by atoms with Gasteiger partial charge in [-0.05, 0) is 62.7 Å². The minimum atomic E-state index is 0.0684. The van der Waals surface area contributed by atoms with Gasteiger partial charge in [-0.25, -0.2) is 0 Å². The van der Waals surface area contributed by atoms with Crippen molar-refractivity contribution in [1.82, 2.24) is 0 Å². The van der Waals surface area contributed by atoms with Crippen molar-refractivity contribution in [3.8, 4) is 0 Å². The maximum Gasteiger partial charge on any atom is 0.0578 e. The van der Waals surface area contributed by atoms with Crippen LogP contribution in [0.4, 0.5) is 0 Å². The molecule has 3 rings (SSSR count). The summed E-state index contributed by atoms with van der Waals surface area (Å²) in [5, 5.41) is 0. The van der Waals surface area contributed by atoms with Crippen LogP contribution in [-0.4, -0.2) is 5.71 Å². The van der Waals surface area contributed by atoms with Gasteiger partial charge in [0.05, 0.1) is 5.71 Å². The van der Waals surface area contributed by atoms with Gasteiger partial charge in [-0.2, -0.15) is 0 Å². The molecule has 0 saturated carbocycles. The third-order valence-corrected chi connectivity index (χ3v) is 5.86. The van der Waals surface area contributed by atoms with Crippen LogP contribution in [0.2, 0.25) is 0 Å². The van der Waals surface area contributed by atoms with Gasteiger partial charge >= 0.3 is 0 Å². The van der Waals surface area contributed by atoms with E-state index in [-0.39, 0.29) is 5.41 Å². The van der Waals surface area contributed by atoms with E-state index >= 15 is 0 Å². The molecule has 1 aromatic carbocycles. The Hall–Kier alpha value is -1.63. The standard InChI is InChI=1S/C22H29N/c1-6-17(4)18-7-9-22(5)20(14-18)8-10-23-21(22)19-12-15(2)11-16(3)13-19/h8,10-14,17-18H,6-7,9H2,1-5H3. The van der Waals surface area contributed by atoms with Crippen LogP contribution in [0, 0.1) is 31.1 Å². The number of nitrogens with zero attached hydrogens (tertiary/aromatic N) is 1. The molecule has 0 amide bonds. The van der Waals surface area contributed by atoms with Gasteiger partial charge in [0.15, 0.2) is 0 Å². The van der Waals surface area contributed by atoms with E-state index in [9.17, 15) is 0 Å². The fraction of sp³-hybridized carbons (Fsp3) is 0.500. The monoisotopic (exact) mass is 307 g/mol. The highest BCUT2D eigenvalue weighted by Gasteiger charge is 2.39. The van der Waals surface area contributed by atoms with Crippen LogP contribution < -0.4 is 0 Å². The molecule has 0 radical (unpaired) electrons. The molecule has 1 heterocycles. The van der Waals surface area contributed by atoms with E-state index in [0.717, 1.165) is 5.92 Å². The number of rotatable bonds is 3. The number of aryl methyl sites for hydroxylation is 2. The Bertz CT molecular complexity index is 672. The highest BCUT2D eigenvalue weighted by molar-refractivity contribution is 6.08. The van der Waals surface area contributed by atoms with E-state index in [0.29, 0.717) is 5.92 Å². The largest absolute Gasteiger partial charge is 0.260 e. The van der Waals surface area contributed by atoms with Crippen molar-refractivity contribution in [3.05, 3.63) is 58.8 Å². The zero-order chi connectivity index (χ0) is 16.6. The second-order valence-corrected chi connectivity index (χ2v) is 7.71. The number of hydrogen-bond acceptors (Lipinski definition) is 1. The lowest BCUT2D eigenvalue weighted by atomic mass is 9.64. The van der Waals surface area contributed by atoms with Crippen molar-refractivity contribution < 1.29 is 0 Å². The van der Waals surface area contributed by atoms with Crippen molar-refractivity contribution in [3.63, 3.8) is 0 Å². The van der Waals surface area contributed by atoms with Gasteiger partial charge in [0.25, 0.3) is 0 Å². The first-order chi connectivity index (χ1) is 10.9. The molecular weight excluding hydrogens is 278 g/mol. The zero-order valence-corrected chi connectivity index (χ0v) is 15.2. The number of aliphatic imine (C=N–C) groups is 1. The van der Waals surface area contributed by atoms with E-state index in [1.807, 2.05) is 6.20 Å². The van der Waals surface area contributed by atoms with Crippen molar-refractivity contribution in [1.29, 1.82) is 0 Å². The van der Waals surface area contributed by atoms with E-state index < -0.39 is 0 Å². The fourth-order valence-corrected chi connectivity index (χ4v) is 4.18. The van der Waals surface area contributed by atoms with Gasteiger partial charge in [-0.3, -0.25) is 4.99 Å². The van der Waals surface area contributed by atoms with E-state index in [1.165, 1.54) is 47.2 Å². The summed E-state index contributed by atoms with van der Waals surface area (Å²) in [6.45, 7) is 11.4. The number of allylic oxidation sites excluding steroid dienone is 3. The highest BCUT2D eigenvalue weighted by Crippen LogP contribution is 2.46. The van der Waals surface area contributed by atoms with Gasteiger partial charge in [-0.1, -0.05) is 55.7 Å². The summed E-state index contributed by atoms with van der Waals surface area (Å²) in [4.78, 5) is 4.82. The van der Waals surface area contributed by atoms with Crippen LogP contribution >= 0.6 is 0 Å². The molecule has 0 bridgehead atoms. The normalized spacial score (nSPS) is 28.0. The Morgan fingerprint density at radius 3 is 2.57 bits per heavy atom. The summed E-state index contributed by atoms with van der Waals surface area (Å²) in [5.74, 6) is 1.48. The average Bonchev–Trinajstić information content (AvgIpc) is 2.51. The van der Waals surface area contributed by atoms with E-state index in [4.69, 9.17) is 4.99 Å². The SMILES string of the molecule is CCC(C)C1C=C2C=CN=C(c3cc(C)cc(C)c3)C2(C)CC1. The van der Waals surface area contributed by atoms with Crippen LogP contribution in [0.1, 0.15) is 56.7 Å². The summed E-state index contributed by atoms with van der Waals surface area (Å²) in [6.07, 6.45) is 10.5. The molecule has 3 unspecified atom stereocenters. The third-order valence-electron chi connectivity index (χ3n) is 5.86. The van der Waals surface area contributed by atoms with Crippen LogP contribution in [-0.2, 0) is 0 Å². The van der Waals surface area contributed by atoms with Gasteiger partial charge < -0.3 is 0 Å². The maximum atomic E-state index is 4.82. The van der Waals surface area contributed by atoms with Gasteiger partial charge in [0, 0.05) is 11.6 Å². The summed E-state index contributed by atoms with van der Waals surface area (Å²) < 4.78 is 0. The van der Waals surface area contributed by atoms with Crippen LogP contribution in [0.5, 0.6) is 0 Å². The quantitative estimate of drug-likeness (QED) is 0.648. The molecule has 1 aliphatic heterocycles. The molecule has 0 fully saturated rings. The van der Waals surface area contributed by atoms with Crippen molar-refractivity contribution in [2.75, 3.05) is 0 Å². The van der Waals surface area contributed by atoms with Gasteiger partial charge in [0.2, 0.25) is 0 Å². The molecule has 0 aromatic heterocycles. The number of hydrogen-bond donors (Lipinski definition) is 0. The smallest absolute Gasteiger partial charge is 0.0578 e.